The predicted molar refractivity (Wildman–Crippen MR) is 128 cm³/mol. The van der Waals surface area contributed by atoms with Crippen molar-refractivity contribution in [3.63, 3.8) is 0 Å². The summed E-state index contributed by atoms with van der Waals surface area (Å²) in [6.45, 7) is 2.69. The number of ether oxygens (including phenoxy) is 2. The van der Waals surface area contributed by atoms with Gasteiger partial charge in [0.15, 0.2) is 28.9 Å². The molecule has 0 aliphatic carbocycles. The molecule has 1 aliphatic heterocycles. The lowest BCUT2D eigenvalue weighted by molar-refractivity contribution is -0.144. The maximum absolute atomic E-state index is 13.9. The third-order valence-corrected chi connectivity index (χ3v) is 6.20. The summed E-state index contributed by atoms with van der Waals surface area (Å²) in [4.78, 5) is 41.9. The van der Waals surface area contributed by atoms with Crippen molar-refractivity contribution in [3.05, 3.63) is 59.4 Å². The fourth-order valence-corrected chi connectivity index (χ4v) is 4.18. The smallest absolute Gasteiger partial charge is 0.305 e. The highest BCUT2D eigenvalue weighted by molar-refractivity contribution is 5.94. The van der Waals surface area contributed by atoms with Crippen molar-refractivity contribution in [2.75, 3.05) is 13.2 Å². The third-order valence-electron chi connectivity index (χ3n) is 6.20. The van der Waals surface area contributed by atoms with Gasteiger partial charge in [0.2, 0.25) is 17.5 Å². The number of hydrogen-bond donors (Lipinski definition) is 3. The molecule has 1 fully saturated rings. The molecule has 39 heavy (non-hydrogen) atoms. The van der Waals surface area contributed by atoms with Crippen molar-refractivity contribution in [1.82, 2.24) is 15.6 Å². The van der Waals surface area contributed by atoms with Crippen molar-refractivity contribution >= 4 is 17.7 Å². The number of carbonyl (C=O) groups is 3. The first kappa shape index (κ1) is 30.0. The summed E-state index contributed by atoms with van der Waals surface area (Å²) in [6, 6.07) is 2.55. The van der Waals surface area contributed by atoms with Crippen LogP contribution in [0.5, 0.6) is 5.75 Å². The van der Waals surface area contributed by atoms with Crippen molar-refractivity contribution in [1.29, 1.82) is 0 Å². The Hall–Kier alpha value is -3.58. The Labute approximate surface area is 221 Å². The molecule has 9 nitrogen and oxygen atoms in total. The largest absolute Gasteiger partial charge is 0.481 e. The van der Waals surface area contributed by atoms with Crippen LogP contribution in [0.15, 0.2) is 30.5 Å². The minimum Gasteiger partial charge on any atom is -0.481 e. The summed E-state index contributed by atoms with van der Waals surface area (Å²) in [5.41, 5.74) is -0.571. The quantitative estimate of drug-likeness (QED) is 0.269. The molecule has 0 spiro atoms. The molecule has 0 radical (unpaired) electrons. The van der Waals surface area contributed by atoms with E-state index in [1.165, 1.54) is 0 Å². The molecule has 0 bridgehead atoms. The summed E-state index contributed by atoms with van der Waals surface area (Å²) >= 11 is 0. The number of nitrogens with zero attached hydrogens (tertiary/aromatic N) is 1. The summed E-state index contributed by atoms with van der Waals surface area (Å²) in [5.74, 6) is -12.4. The molecule has 2 heterocycles. The number of benzene rings is 1. The van der Waals surface area contributed by atoms with E-state index in [0.29, 0.717) is 18.7 Å². The van der Waals surface area contributed by atoms with E-state index < -0.39 is 77.5 Å². The Morgan fingerprint density at radius 2 is 1.82 bits per heavy atom. The maximum atomic E-state index is 13.9. The first-order valence-electron chi connectivity index (χ1n) is 12.3. The van der Waals surface area contributed by atoms with Crippen molar-refractivity contribution in [3.8, 4) is 5.75 Å². The van der Waals surface area contributed by atoms with E-state index in [2.05, 4.69) is 20.4 Å². The minimum absolute atomic E-state index is 0.0282. The second-order valence-electron chi connectivity index (χ2n) is 9.42. The highest BCUT2D eigenvalue weighted by atomic mass is 19.2. The van der Waals surface area contributed by atoms with E-state index in [1.807, 2.05) is 0 Å². The predicted octanol–water partition coefficient (Wildman–Crippen LogP) is 3.21. The first-order chi connectivity index (χ1) is 18.4. The van der Waals surface area contributed by atoms with E-state index in [1.54, 1.807) is 38.2 Å². The Morgan fingerprint density at radius 1 is 1.13 bits per heavy atom. The van der Waals surface area contributed by atoms with E-state index in [-0.39, 0.29) is 12.0 Å². The van der Waals surface area contributed by atoms with E-state index >= 15 is 0 Å². The maximum Gasteiger partial charge on any atom is 0.305 e. The highest BCUT2D eigenvalue weighted by Crippen LogP contribution is 2.33. The number of pyridine rings is 1. The molecule has 2 aromatic rings. The second-order valence-corrected chi connectivity index (χ2v) is 9.42. The molecular formula is C26H29F4N3O6. The molecular weight excluding hydrogens is 526 g/mol. The van der Waals surface area contributed by atoms with Crippen LogP contribution in [0.1, 0.15) is 45.2 Å². The van der Waals surface area contributed by atoms with Crippen molar-refractivity contribution in [2.24, 2.45) is 5.92 Å². The Balaban J connectivity index is 1.79. The van der Waals surface area contributed by atoms with E-state index in [0.717, 1.165) is 12.8 Å². The van der Waals surface area contributed by atoms with Gasteiger partial charge in [-0.25, -0.2) is 8.78 Å². The number of Topliss-reactive ketones (excluding diaryl/α,β-unsaturated/α-hetero) is 1. The molecule has 3 N–H and O–H groups in total. The molecule has 0 saturated carbocycles. The average molecular weight is 556 g/mol. The molecule has 1 amide bonds. The Bertz CT molecular complexity index is 1170. The summed E-state index contributed by atoms with van der Waals surface area (Å²) < 4.78 is 65.4. The van der Waals surface area contributed by atoms with Gasteiger partial charge < -0.3 is 19.9 Å². The van der Waals surface area contributed by atoms with Gasteiger partial charge >= 0.3 is 5.97 Å². The third kappa shape index (κ3) is 7.30. The van der Waals surface area contributed by atoms with Gasteiger partial charge in [-0.1, -0.05) is 19.9 Å². The van der Waals surface area contributed by atoms with Crippen LogP contribution in [0.2, 0.25) is 0 Å². The molecule has 1 saturated heterocycles. The minimum atomic E-state index is -1.86. The van der Waals surface area contributed by atoms with Crippen LogP contribution in [0, 0.1) is 29.2 Å². The lowest BCUT2D eigenvalue weighted by Crippen LogP contribution is -2.60. The zero-order valence-electron chi connectivity index (χ0n) is 21.3. The highest BCUT2D eigenvalue weighted by Gasteiger charge is 2.41. The molecule has 3 rings (SSSR count). The zero-order valence-corrected chi connectivity index (χ0v) is 21.3. The fourth-order valence-electron chi connectivity index (χ4n) is 4.18. The van der Waals surface area contributed by atoms with Crippen LogP contribution in [0.3, 0.4) is 0 Å². The van der Waals surface area contributed by atoms with Gasteiger partial charge in [0.1, 0.15) is 12.6 Å². The molecule has 1 aromatic heterocycles. The lowest BCUT2D eigenvalue weighted by Gasteiger charge is -2.41. The number of rotatable bonds is 12. The SMILES string of the molecule is CC(C)[C@H](NC1(c2ccccn2)CCCCO1)C(=O)N[C@@H](CC(=O)O)C(=O)COc1c(F)c(F)cc(F)c1F. The Morgan fingerprint density at radius 3 is 2.36 bits per heavy atom. The van der Waals surface area contributed by atoms with Gasteiger partial charge in [-0.3, -0.25) is 24.7 Å². The van der Waals surface area contributed by atoms with Gasteiger partial charge in [-0.15, -0.1) is 0 Å². The number of amides is 1. The summed E-state index contributed by atoms with van der Waals surface area (Å²) in [7, 11) is 0. The normalized spacial score (nSPS) is 18.8. The van der Waals surface area contributed by atoms with Gasteiger partial charge in [-0.05, 0) is 37.3 Å². The number of nitrogens with one attached hydrogen (secondary N) is 2. The number of hydrogen-bond acceptors (Lipinski definition) is 7. The number of carboxylic acids is 1. The molecule has 212 valence electrons. The molecule has 1 unspecified atom stereocenters. The van der Waals surface area contributed by atoms with Gasteiger partial charge in [0.05, 0.1) is 18.2 Å². The topological polar surface area (TPSA) is 127 Å². The fraction of sp³-hybridized carbons (Fsp3) is 0.462. The molecule has 1 aromatic carbocycles. The van der Waals surface area contributed by atoms with Crippen LogP contribution >= 0.6 is 0 Å². The summed E-state index contributed by atoms with van der Waals surface area (Å²) in [5, 5.41) is 14.8. The summed E-state index contributed by atoms with van der Waals surface area (Å²) in [6.07, 6.45) is 2.77. The van der Waals surface area contributed by atoms with Crippen LogP contribution < -0.4 is 15.4 Å². The van der Waals surface area contributed by atoms with Crippen molar-refractivity contribution in [2.45, 2.75) is 57.3 Å². The molecule has 13 heteroatoms. The van der Waals surface area contributed by atoms with E-state index in [9.17, 15) is 37.1 Å². The number of aliphatic carboxylic acids is 1. The standard InChI is InChI=1S/C26H29F4N3O6/c1-14(2)23(33-26(8-4-6-10-39-26)19-7-3-5-9-31-19)25(37)32-17(12-20(35)36)18(34)13-38-24-21(29)15(27)11-16(28)22(24)30/h3,5,7,9,11,14,17,23,33H,4,6,8,10,12-13H2,1-2H3,(H,32,37)(H,35,36)/t17-,23-,26?/m0/s1. The van der Waals surface area contributed by atoms with Crippen LogP contribution in [-0.4, -0.2) is 53.0 Å². The lowest BCUT2D eigenvalue weighted by atomic mass is 9.94. The number of carbonyl (C=O) groups excluding carboxylic acids is 2. The van der Waals surface area contributed by atoms with E-state index in [4.69, 9.17) is 4.74 Å². The van der Waals surface area contributed by atoms with Gasteiger partial charge in [0.25, 0.3) is 0 Å². The zero-order chi connectivity index (χ0) is 28.7. The monoisotopic (exact) mass is 555 g/mol. The van der Waals surface area contributed by atoms with Crippen LogP contribution in [0.25, 0.3) is 0 Å². The van der Waals surface area contributed by atoms with Gasteiger partial charge in [-0.2, -0.15) is 8.78 Å². The number of halogens is 4. The van der Waals surface area contributed by atoms with Crippen LogP contribution in [-0.2, 0) is 24.8 Å². The van der Waals surface area contributed by atoms with Crippen molar-refractivity contribution < 1.29 is 46.5 Å². The first-order valence-corrected chi connectivity index (χ1v) is 12.3. The number of ketones is 1. The number of carboxylic acid groups (broad SMARTS) is 1. The van der Waals surface area contributed by atoms with Crippen LogP contribution in [0.4, 0.5) is 17.6 Å². The average Bonchev–Trinajstić information content (AvgIpc) is 2.90. The molecule has 1 aliphatic rings. The number of aromatic nitrogens is 1. The Kier molecular flexibility index (Phi) is 9.97. The van der Waals surface area contributed by atoms with Gasteiger partial charge in [0, 0.05) is 18.9 Å². The molecule has 3 atom stereocenters. The second kappa shape index (κ2) is 13.0.